The van der Waals surface area contributed by atoms with Gasteiger partial charge in [0.1, 0.15) is 0 Å². The summed E-state index contributed by atoms with van der Waals surface area (Å²) in [7, 11) is 0. The lowest BCUT2D eigenvalue weighted by atomic mass is 10.2. The lowest BCUT2D eigenvalue weighted by Gasteiger charge is -2.03. The summed E-state index contributed by atoms with van der Waals surface area (Å²) < 4.78 is 24.6. The maximum absolute atomic E-state index is 12.2. The predicted octanol–water partition coefficient (Wildman–Crippen LogP) is 1.38. The molecule has 3 N–H and O–H groups in total. The third-order valence-corrected chi connectivity index (χ3v) is 2.71. The third kappa shape index (κ3) is 2.05. The SMILES string of the molecule is NCc1[nH]cc(C(F)F)c(=O)c1I. The molecular weight excluding hydrogens is 293 g/mol. The van der Waals surface area contributed by atoms with E-state index in [0.717, 1.165) is 6.20 Å². The highest BCUT2D eigenvalue weighted by Gasteiger charge is 2.15. The summed E-state index contributed by atoms with van der Waals surface area (Å²) in [6.07, 6.45) is -1.73. The maximum Gasteiger partial charge on any atom is 0.269 e. The van der Waals surface area contributed by atoms with Crippen molar-refractivity contribution in [1.29, 1.82) is 0 Å². The Labute approximate surface area is 86.5 Å². The van der Waals surface area contributed by atoms with Crippen molar-refractivity contribution in [2.45, 2.75) is 13.0 Å². The van der Waals surface area contributed by atoms with E-state index in [1.54, 1.807) is 22.6 Å². The molecule has 0 aliphatic carbocycles. The molecule has 0 atom stereocenters. The molecule has 0 aliphatic heterocycles. The number of hydrogen-bond acceptors (Lipinski definition) is 2. The van der Waals surface area contributed by atoms with E-state index in [-0.39, 0.29) is 10.1 Å². The summed E-state index contributed by atoms with van der Waals surface area (Å²) in [6.45, 7) is 0.136. The lowest BCUT2D eigenvalue weighted by molar-refractivity contribution is 0.149. The highest BCUT2D eigenvalue weighted by Crippen LogP contribution is 2.15. The van der Waals surface area contributed by atoms with Crippen molar-refractivity contribution < 1.29 is 8.78 Å². The van der Waals surface area contributed by atoms with Crippen LogP contribution in [0.4, 0.5) is 8.78 Å². The molecule has 0 aliphatic rings. The minimum Gasteiger partial charge on any atom is -0.362 e. The predicted molar refractivity (Wildman–Crippen MR) is 52.6 cm³/mol. The van der Waals surface area contributed by atoms with Crippen LogP contribution in [0.25, 0.3) is 0 Å². The van der Waals surface area contributed by atoms with Gasteiger partial charge in [-0.25, -0.2) is 8.78 Å². The molecule has 3 nitrogen and oxygen atoms in total. The number of nitrogens with two attached hydrogens (primary N) is 1. The minimum absolute atomic E-state index is 0.136. The minimum atomic E-state index is -2.75. The van der Waals surface area contributed by atoms with Gasteiger partial charge in [-0.05, 0) is 22.6 Å². The molecular formula is C7H7F2IN2O. The Kier molecular flexibility index (Phi) is 3.37. The number of aromatic amines is 1. The maximum atomic E-state index is 12.2. The number of rotatable bonds is 2. The molecule has 1 aromatic heterocycles. The molecule has 0 saturated heterocycles. The molecule has 1 aromatic rings. The van der Waals surface area contributed by atoms with Gasteiger partial charge >= 0.3 is 0 Å². The zero-order valence-electron chi connectivity index (χ0n) is 6.48. The second kappa shape index (κ2) is 4.14. The Morgan fingerprint density at radius 2 is 2.23 bits per heavy atom. The molecule has 0 spiro atoms. The van der Waals surface area contributed by atoms with E-state index >= 15 is 0 Å². The fourth-order valence-electron chi connectivity index (χ4n) is 0.868. The quantitative estimate of drug-likeness (QED) is 0.811. The number of halogens is 3. The molecule has 0 unspecified atom stereocenters. The largest absolute Gasteiger partial charge is 0.362 e. The Morgan fingerprint density at radius 1 is 1.62 bits per heavy atom. The Morgan fingerprint density at radius 3 is 2.69 bits per heavy atom. The average molecular weight is 300 g/mol. The summed E-state index contributed by atoms with van der Waals surface area (Å²) in [4.78, 5) is 13.8. The number of aromatic nitrogens is 1. The first-order chi connectivity index (χ1) is 6.07. The fraction of sp³-hybridized carbons (Fsp3) is 0.286. The van der Waals surface area contributed by atoms with Crippen LogP contribution in [-0.4, -0.2) is 4.98 Å². The monoisotopic (exact) mass is 300 g/mol. The first-order valence-corrected chi connectivity index (χ1v) is 4.54. The molecule has 0 amide bonds. The molecule has 13 heavy (non-hydrogen) atoms. The van der Waals surface area contributed by atoms with Crippen molar-refractivity contribution in [3.8, 4) is 0 Å². The number of pyridine rings is 1. The number of hydrogen-bond donors (Lipinski definition) is 2. The van der Waals surface area contributed by atoms with E-state index in [1.807, 2.05) is 0 Å². The Bertz CT molecular complexity index is 364. The van der Waals surface area contributed by atoms with Gasteiger partial charge in [-0.3, -0.25) is 4.79 Å². The van der Waals surface area contributed by atoms with Crippen molar-refractivity contribution in [2.24, 2.45) is 5.73 Å². The van der Waals surface area contributed by atoms with Crippen LogP contribution in [0.2, 0.25) is 0 Å². The average Bonchev–Trinajstić information content (AvgIpc) is 2.09. The van der Waals surface area contributed by atoms with Crippen LogP contribution in [0.5, 0.6) is 0 Å². The standard InChI is InChI=1S/C7H7F2IN2O/c8-7(9)3-2-12-4(1-11)5(10)6(3)13/h2,7H,1,11H2,(H,12,13). The van der Waals surface area contributed by atoms with Gasteiger partial charge in [0, 0.05) is 18.4 Å². The first kappa shape index (κ1) is 10.6. The van der Waals surface area contributed by atoms with Crippen molar-refractivity contribution in [1.82, 2.24) is 4.98 Å². The third-order valence-electron chi connectivity index (χ3n) is 1.57. The van der Waals surface area contributed by atoms with Crippen molar-refractivity contribution in [3.05, 3.63) is 31.2 Å². The van der Waals surface area contributed by atoms with Crippen LogP contribution in [0.15, 0.2) is 11.0 Å². The van der Waals surface area contributed by atoms with Gasteiger partial charge < -0.3 is 10.7 Å². The van der Waals surface area contributed by atoms with Crippen LogP contribution in [0, 0.1) is 3.57 Å². The molecule has 0 radical (unpaired) electrons. The first-order valence-electron chi connectivity index (χ1n) is 3.46. The van der Waals surface area contributed by atoms with Gasteiger partial charge in [0.25, 0.3) is 6.43 Å². The summed E-state index contributed by atoms with van der Waals surface area (Å²) in [5.41, 5.74) is 4.61. The normalized spacial score (nSPS) is 10.8. The highest BCUT2D eigenvalue weighted by atomic mass is 127. The van der Waals surface area contributed by atoms with Crippen LogP contribution in [0.3, 0.4) is 0 Å². The van der Waals surface area contributed by atoms with Gasteiger partial charge in [0.05, 0.1) is 9.13 Å². The molecule has 72 valence electrons. The van der Waals surface area contributed by atoms with E-state index in [2.05, 4.69) is 4.98 Å². The highest BCUT2D eigenvalue weighted by molar-refractivity contribution is 14.1. The van der Waals surface area contributed by atoms with E-state index in [9.17, 15) is 13.6 Å². The van der Waals surface area contributed by atoms with Crippen molar-refractivity contribution in [3.63, 3.8) is 0 Å². The second-order valence-electron chi connectivity index (χ2n) is 2.37. The van der Waals surface area contributed by atoms with Crippen molar-refractivity contribution in [2.75, 3.05) is 0 Å². The summed E-state index contributed by atoms with van der Waals surface area (Å²) in [5.74, 6) is 0. The summed E-state index contributed by atoms with van der Waals surface area (Å²) >= 11 is 1.71. The number of nitrogens with one attached hydrogen (secondary N) is 1. The topological polar surface area (TPSA) is 58.9 Å². The number of alkyl halides is 2. The van der Waals surface area contributed by atoms with E-state index in [4.69, 9.17) is 5.73 Å². The smallest absolute Gasteiger partial charge is 0.269 e. The van der Waals surface area contributed by atoms with Gasteiger partial charge in [-0.1, -0.05) is 0 Å². The van der Waals surface area contributed by atoms with Crippen LogP contribution in [-0.2, 0) is 6.54 Å². The second-order valence-corrected chi connectivity index (χ2v) is 3.45. The Hall–Kier alpha value is -0.500. The van der Waals surface area contributed by atoms with Crippen molar-refractivity contribution >= 4 is 22.6 Å². The van der Waals surface area contributed by atoms with Crippen LogP contribution in [0.1, 0.15) is 17.7 Å². The van der Waals surface area contributed by atoms with Crippen LogP contribution >= 0.6 is 22.6 Å². The Balaban J connectivity index is 3.32. The molecule has 1 rings (SSSR count). The fourth-order valence-corrected chi connectivity index (χ4v) is 1.56. The molecule has 6 heteroatoms. The zero-order valence-corrected chi connectivity index (χ0v) is 8.64. The molecule has 1 heterocycles. The van der Waals surface area contributed by atoms with Gasteiger partial charge in [0.15, 0.2) is 0 Å². The van der Waals surface area contributed by atoms with Gasteiger partial charge in [0.2, 0.25) is 5.43 Å². The van der Waals surface area contributed by atoms with Crippen LogP contribution < -0.4 is 11.2 Å². The summed E-state index contributed by atoms with van der Waals surface area (Å²) in [5, 5.41) is 0. The molecule has 0 aromatic carbocycles. The van der Waals surface area contributed by atoms with E-state index in [0.29, 0.717) is 5.69 Å². The zero-order chi connectivity index (χ0) is 10.0. The van der Waals surface area contributed by atoms with E-state index < -0.39 is 17.4 Å². The molecule has 0 fully saturated rings. The lowest BCUT2D eigenvalue weighted by Crippen LogP contribution is -2.18. The van der Waals surface area contributed by atoms with E-state index in [1.165, 1.54) is 0 Å². The number of H-pyrrole nitrogens is 1. The molecule has 0 bridgehead atoms. The molecule has 0 saturated carbocycles. The van der Waals surface area contributed by atoms with Gasteiger partial charge in [-0.2, -0.15) is 0 Å². The summed E-state index contributed by atoms with van der Waals surface area (Å²) in [6, 6.07) is 0. The van der Waals surface area contributed by atoms with Gasteiger partial charge in [-0.15, -0.1) is 0 Å².